The molecule has 0 N–H and O–H groups in total. The van der Waals surface area contributed by atoms with Gasteiger partial charge in [0.15, 0.2) is 6.10 Å². The molecule has 0 bridgehead atoms. The first kappa shape index (κ1) is 78.1. The van der Waals surface area contributed by atoms with Gasteiger partial charge in [-0.15, -0.1) is 0 Å². The van der Waals surface area contributed by atoms with Crippen LogP contribution in [0.15, 0.2) is 109 Å². The summed E-state index contributed by atoms with van der Waals surface area (Å²) in [6.07, 6.45) is 96.2. The first-order valence-corrected chi connectivity index (χ1v) is 34.9. The fourth-order valence-corrected chi connectivity index (χ4v) is 9.86. The maximum absolute atomic E-state index is 12.8. The summed E-state index contributed by atoms with van der Waals surface area (Å²) in [5.41, 5.74) is 0. The summed E-state index contributed by atoms with van der Waals surface area (Å²) in [6.45, 7) is 6.43. The van der Waals surface area contributed by atoms with E-state index in [9.17, 15) is 14.4 Å². The van der Waals surface area contributed by atoms with Crippen LogP contribution in [0.25, 0.3) is 0 Å². The lowest BCUT2D eigenvalue weighted by molar-refractivity contribution is -0.167. The van der Waals surface area contributed by atoms with Crippen molar-refractivity contribution in [3.63, 3.8) is 0 Å². The van der Waals surface area contributed by atoms with Crippen LogP contribution in [0.4, 0.5) is 0 Å². The Hall–Kier alpha value is -3.93. The molecule has 0 aromatic carbocycles. The molecule has 0 saturated carbocycles. The normalized spacial score (nSPS) is 12.8. The van der Waals surface area contributed by atoms with E-state index < -0.39 is 6.10 Å². The maximum Gasteiger partial charge on any atom is 0.306 e. The van der Waals surface area contributed by atoms with Crippen molar-refractivity contribution in [2.45, 2.75) is 341 Å². The minimum Gasteiger partial charge on any atom is -0.462 e. The van der Waals surface area contributed by atoms with Gasteiger partial charge in [0.05, 0.1) is 0 Å². The van der Waals surface area contributed by atoms with Gasteiger partial charge in [-0.2, -0.15) is 0 Å². The van der Waals surface area contributed by atoms with Crippen molar-refractivity contribution in [3.05, 3.63) is 109 Å². The van der Waals surface area contributed by atoms with Gasteiger partial charge in [-0.1, -0.05) is 342 Å². The zero-order valence-corrected chi connectivity index (χ0v) is 54.0. The quantitative estimate of drug-likeness (QED) is 0.0261. The number of allylic oxidation sites excluding steroid dienone is 18. The van der Waals surface area contributed by atoms with Gasteiger partial charge in [-0.05, 0) is 83.5 Å². The zero-order chi connectivity index (χ0) is 59.2. The van der Waals surface area contributed by atoms with Crippen LogP contribution in [0.2, 0.25) is 0 Å². The number of hydrogen-bond acceptors (Lipinski definition) is 6. The average Bonchev–Trinajstić information content (AvgIpc) is 3.47. The van der Waals surface area contributed by atoms with Gasteiger partial charge in [-0.25, -0.2) is 0 Å². The number of rotatable bonds is 63. The lowest BCUT2D eigenvalue weighted by Gasteiger charge is -2.18. The molecule has 0 aromatic rings. The van der Waals surface area contributed by atoms with Crippen LogP contribution >= 0.6 is 0 Å². The number of carbonyl (C=O) groups excluding carboxylic acids is 3. The van der Waals surface area contributed by atoms with Gasteiger partial charge in [0.1, 0.15) is 13.2 Å². The maximum atomic E-state index is 12.8. The monoisotopic (exact) mass is 1140 g/mol. The van der Waals surface area contributed by atoms with Crippen LogP contribution < -0.4 is 0 Å². The van der Waals surface area contributed by atoms with E-state index in [0.717, 1.165) is 116 Å². The first-order valence-electron chi connectivity index (χ1n) is 34.9. The number of unbranched alkanes of at least 4 members (excludes halogenated alkanes) is 34. The van der Waals surface area contributed by atoms with Crippen molar-refractivity contribution in [2.24, 2.45) is 0 Å². The average molecular weight is 1140 g/mol. The lowest BCUT2D eigenvalue weighted by atomic mass is 10.0. The van der Waals surface area contributed by atoms with E-state index in [0.29, 0.717) is 19.3 Å². The molecule has 470 valence electrons. The summed E-state index contributed by atoms with van der Waals surface area (Å²) in [5, 5.41) is 0. The molecule has 0 amide bonds. The molecule has 0 rings (SSSR count). The molecule has 0 radical (unpaired) electrons. The molecule has 6 heteroatoms. The highest BCUT2D eigenvalue weighted by molar-refractivity contribution is 5.71. The molecule has 0 aliphatic carbocycles. The van der Waals surface area contributed by atoms with E-state index in [1.807, 2.05) is 0 Å². The van der Waals surface area contributed by atoms with Gasteiger partial charge in [0.2, 0.25) is 0 Å². The van der Waals surface area contributed by atoms with Crippen LogP contribution in [0.3, 0.4) is 0 Å². The molecule has 0 heterocycles. The Kier molecular flexibility index (Phi) is 66.2. The van der Waals surface area contributed by atoms with E-state index in [1.165, 1.54) is 173 Å². The summed E-state index contributed by atoms with van der Waals surface area (Å²) in [5.74, 6) is -0.965. The van der Waals surface area contributed by atoms with Crippen molar-refractivity contribution in [1.29, 1.82) is 0 Å². The minimum atomic E-state index is -0.806. The number of hydrogen-bond donors (Lipinski definition) is 0. The topological polar surface area (TPSA) is 78.9 Å². The second-order valence-corrected chi connectivity index (χ2v) is 23.1. The van der Waals surface area contributed by atoms with E-state index in [-0.39, 0.29) is 37.5 Å². The Morgan fingerprint density at radius 2 is 0.476 bits per heavy atom. The predicted octanol–water partition coefficient (Wildman–Crippen LogP) is 24.2. The molecule has 1 unspecified atom stereocenters. The van der Waals surface area contributed by atoms with E-state index in [4.69, 9.17) is 14.2 Å². The highest BCUT2D eigenvalue weighted by Gasteiger charge is 2.19. The number of carbonyl (C=O) groups is 3. The first-order chi connectivity index (χ1) is 40.5. The molecule has 1 atom stereocenters. The highest BCUT2D eigenvalue weighted by Crippen LogP contribution is 2.18. The van der Waals surface area contributed by atoms with E-state index in [1.54, 1.807) is 0 Å². The molecular weight excluding hydrogens is 1010 g/mol. The third-order valence-electron chi connectivity index (χ3n) is 15.0. The second-order valence-electron chi connectivity index (χ2n) is 23.1. The van der Waals surface area contributed by atoms with Crippen molar-refractivity contribution < 1.29 is 28.6 Å². The van der Waals surface area contributed by atoms with Gasteiger partial charge < -0.3 is 14.2 Å². The van der Waals surface area contributed by atoms with Crippen LogP contribution in [-0.2, 0) is 28.6 Å². The second kappa shape index (κ2) is 69.6. The zero-order valence-electron chi connectivity index (χ0n) is 54.0. The number of esters is 3. The minimum absolute atomic E-state index is 0.0993. The van der Waals surface area contributed by atoms with E-state index in [2.05, 4.69) is 130 Å². The Labute approximate surface area is 508 Å². The Morgan fingerprint density at radius 1 is 0.256 bits per heavy atom. The van der Waals surface area contributed by atoms with Gasteiger partial charge in [0, 0.05) is 19.3 Å². The summed E-state index contributed by atoms with van der Waals surface area (Å²) in [6, 6.07) is 0. The van der Waals surface area contributed by atoms with Crippen molar-refractivity contribution in [3.8, 4) is 0 Å². The van der Waals surface area contributed by atoms with Crippen molar-refractivity contribution in [2.75, 3.05) is 13.2 Å². The SMILES string of the molecule is CC/C=C\C/C=C\C/C=C\C/C=C\C/C=C\C/C=C\C/C=C\C/C=C\C/C=C\CCCC(=O)OC(COC(=O)CCCCCCC)COC(=O)CCCCCCCCCCCCCCCCCCCCCCCCCCCCCCCC. The fraction of sp³-hybridized carbons (Fsp3) is 0.724. The standard InChI is InChI=1S/C76H130O6/c1-4-7-10-13-15-17-19-21-23-25-27-29-31-33-35-37-39-40-42-44-46-48-50-52-54-56-58-60-63-66-69-75(78)81-72-73(71-80-74(77)68-65-62-12-9-6-3)82-76(79)70-67-64-61-59-57-55-53-51-49-47-45-43-41-38-36-34-32-30-28-26-24-22-20-18-16-14-11-8-5-2/h8,11,16,18,22,24,28,30,34,36,41,43,47,49,53,55,59,61,73H,4-7,9-10,12-15,17,19-21,23,25-27,29,31-33,35,37-40,42,44-46,48,50-52,54,56-58,60,62-72H2,1-3H3/b11-8-,18-16-,24-22-,30-28-,36-34-,43-41-,49-47-,55-53-,61-59-. The Bertz CT molecular complexity index is 1640. The fourth-order valence-electron chi connectivity index (χ4n) is 9.86. The van der Waals surface area contributed by atoms with Crippen molar-refractivity contribution in [1.82, 2.24) is 0 Å². The van der Waals surface area contributed by atoms with Crippen LogP contribution in [0.1, 0.15) is 335 Å². The molecule has 0 aromatic heterocycles. The molecule has 0 saturated heterocycles. The summed E-state index contributed by atoms with van der Waals surface area (Å²) < 4.78 is 16.7. The molecular formula is C76H130O6. The molecule has 0 aliphatic heterocycles. The van der Waals surface area contributed by atoms with Gasteiger partial charge >= 0.3 is 17.9 Å². The van der Waals surface area contributed by atoms with Gasteiger partial charge in [0.25, 0.3) is 0 Å². The van der Waals surface area contributed by atoms with Crippen molar-refractivity contribution >= 4 is 17.9 Å². The number of ether oxygens (including phenoxy) is 3. The molecule has 82 heavy (non-hydrogen) atoms. The van der Waals surface area contributed by atoms with Crippen LogP contribution in [0.5, 0.6) is 0 Å². The summed E-state index contributed by atoms with van der Waals surface area (Å²) in [7, 11) is 0. The Balaban J connectivity index is 4.08. The summed E-state index contributed by atoms with van der Waals surface area (Å²) >= 11 is 0. The predicted molar refractivity (Wildman–Crippen MR) is 357 cm³/mol. The largest absolute Gasteiger partial charge is 0.462 e. The summed E-state index contributed by atoms with van der Waals surface area (Å²) in [4.78, 5) is 38.0. The smallest absolute Gasteiger partial charge is 0.306 e. The third kappa shape index (κ3) is 66.9. The lowest BCUT2D eigenvalue weighted by Crippen LogP contribution is -2.30. The molecule has 0 spiro atoms. The third-order valence-corrected chi connectivity index (χ3v) is 15.0. The van der Waals surface area contributed by atoms with Gasteiger partial charge in [-0.3, -0.25) is 14.4 Å². The Morgan fingerprint density at radius 3 is 0.732 bits per heavy atom. The van der Waals surface area contributed by atoms with Crippen LogP contribution in [-0.4, -0.2) is 37.2 Å². The highest BCUT2D eigenvalue weighted by atomic mass is 16.6. The molecule has 0 aliphatic rings. The van der Waals surface area contributed by atoms with Crippen LogP contribution in [0, 0.1) is 0 Å². The van der Waals surface area contributed by atoms with E-state index >= 15 is 0 Å². The molecule has 0 fully saturated rings. The molecule has 6 nitrogen and oxygen atoms in total.